The number of hydrogen-bond acceptors (Lipinski definition) is 3. The first-order valence-corrected chi connectivity index (χ1v) is 13.5. The molecule has 3 amide bonds. The van der Waals surface area contributed by atoms with Gasteiger partial charge in [-0.2, -0.15) is 0 Å². The number of amides is 3. The van der Waals surface area contributed by atoms with Crippen LogP contribution in [0.15, 0.2) is 84.9 Å². The second-order valence-corrected chi connectivity index (χ2v) is 10.1. The van der Waals surface area contributed by atoms with Gasteiger partial charge in [0.2, 0.25) is 0 Å². The minimum Gasteiger partial charge on any atom is -0.366 e. The molecule has 4 aromatic rings. The number of hydrogen-bond donors (Lipinski definition) is 2. The molecule has 0 aliphatic carbocycles. The molecule has 6 heteroatoms. The van der Waals surface area contributed by atoms with Crippen molar-refractivity contribution in [3.63, 3.8) is 0 Å². The zero-order valence-electron chi connectivity index (χ0n) is 21.5. The van der Waals surface area contributed by atoms with Crippen LogP contribution in [0.1, 0.15) is 40.7 Å². The summed E-state index contributed by atoms with van der Waals surface area (Å²) in [5, 5.41) is 7.98. The molecule has 2 N–H and O–H groups in total. The summed E-state index contributed by atoms with van der Waals surface area (Å²) >= 11 is 0. The van der Waals surface area contributed by atoms with E-state index in [1.807, 2.05) is 65.6 Å². The number of likely N-dealkylation sites (tertiary alicyclic amines) is 1. The number of fused-ring (bicyclic) bond motifs is 2. The first-order valence-electron chi connectivity index (χ1n) is 13.5. The van der Waals surface area contributed by atoms with Crippen LogP contribution in [0.3, 0.4) is 0 Å². The standard InChI is InChI=1S/C32H32N4O2/c37-31(35-18-6-1-7-19-35)28-21-26(15-16-30(28)36-20-17-23-9-2-3-11-25(23)22-36)33-32(38)34-29-14-8-12-24-10-4-5-13-27(24)29/h2-5,8-16,21H,1,6-7,17-20,22H2,(H2,33,34,38). The highest BCUT2D eigenvalue weighted by Gasteiger charge is 2.26. The molecule has 0 aromatic heterocycles. The molecule has 6 rings (SSSR count). The molecule has 4 aromatic carbocycles. The van der Waals surface area contributed by atoms with E-state index >= 15 is 0 Å². The van der Waals surface area contributed by atoms with Crippen molar-refractivity contribution < 1.29 is 9.59 Å². The zero-order valence-corrected chi connectivity index (χ0v) is 21.5. The Kier molecular flexibility index (Phi) is 6.69. The quantitative estimate of drug-likeness (QED) is 0.326. The van der Waals surface area contributed by atoms with Gasteiger partial charge in [0.15, 0.2) is 0 Å². The van der Waals surface area contributed by atoms with Gasteiger partial charge in [-0.25, -0.2) is 4.79 Å². The number of urea groups is 1. The van der Waals surface area contributed by atoms with Gasteiger partial charge in [0.25, 0.3) is 5.91 Å². The van der Waals surface area contributed by atoms with E-state index in [4.69, 9.17) is 0 Å². The number of nitrogens with one attached hydrogen (secondary N) is 2. The minimum atomic E-state index is -0.336. The summed E-state index contributed by atoms with van der Waals surface area (Å²) in [5.41, 5.74) is 5.59. The van der Waals surface area contributed by atoms with Crippen LogP contribution in [-0.2, 0) is 13.0 Å². The molecule has 0 spiro atoms. The summed E-state index contributed by atoms with van der Waals surface area (Å²) in [6, 6.07) is 27.7. The van der Waals surface area contributed by atoms with E-state index in [0.29, 0.717) is 11.3 Å². The van der Waals surface area contributed by atoms with Crippen molar-refractivity contribution in [3.8, 4) is 0 Å². The van der Waals surface area contributed by atoms with Crippen LogP contribution < -0.4 is 15.5 Å². The molecule has 0 unspecified atom stereocenters. The van der Waals surface area contributed by atoms with Gasteiger partial charge >= 0.3 is 6.03 Å². The van der Waals surface area contributed by atoms with Crippen molar-refractivity contribution in [3.05, 3.63) is 102 Å². The molecule has 1 fully saturated rings. The lowest BCUT2D eigenvalue weighted by Crippen LogP contribution is -2.38. The fourth-order valence-corrected chi connectivity index (χ4v) is 5.65. The lowest BCUT2D eigenvalue weighted by atomic mass is 9.98. The average molecular weight is 505 g/mol. The van der Waals surface area contributed by atoms with E-state index in [2.05, 4.69) is 39.8 Å². The molecule has 0 atom stereocenters. The van der Waals surface area contributed by atoms with Crippen molar-refractivity contribution in [2.45, 2.75) is 32.2 Å². The SMILES string of the molecule is O=C(Nc1ccc(N2CCc3ccccc3C2)c(C(=O)N2CCCCC2)c1)Nc1cccc2ccccc12. The lowest BCUT2D eigenvalue weighted by molar-refractivity contribution is 0.0725. The first-order chi connectivity index (χ1) is 18.7. The van der Waals surface area contributed by atoms with E-state index in [1.54, 1.807) is 0 Å². The Morgan fingerprint density at radius 1 is 0.711 bits per heavy atom. The zero-order chi connectivity index (χ0) is 25.9. The topological polar surface area (TPSA) is 64.7 Å². The van der Waals surface area contributed by atoms with Gasteiger partial charge in [-0.05, 0) is 66.5 Å². The van der Waals surface area contributed by atoms with Gasteiger partial charge in [-0.1, -0.05) is 60.7 Å². The molecular weight excluding hydrogens is 472 g/mol. The number of benzene rings is 4. The van der Waals surface area contributed by atoms with Crippen LogP contribution in [0.4, 0.5) is 21.9 Å². The minimum absolute atomic E-state index is 0.0386. The smallest absolute Gasteiger partial charge is 0.323 e. The Morgan fingerprint density at radius 3 is 2.34 bits per heavy atom. The number of anilines is 3. The third-order valence-corrected chi connectivity index (χ3v) is 7.64. The van der Waals surface area contributed by atoms with Crippen LogP contribution >= 0.6 is 0 Å². The van der Waals surface area contributed by atoms with Crippen LogP contribution in [0.2, 0.25) is 0 Å². The summed E-state index contributed by atoms with van der Waals surface area (Å²) in [5.74, 6) is 0.0386. The maximum Gasteiger partial charge on any atom is 0.323 e. The van der Waals surface area contributed by atoms with Gasteiger partial charge in [0, 0.05) is 42.9 Å². The van der Waals surface area contributed by atoms with E-state index in [-0.39, 0.29) is 11.9 Å². The van der Waals surface area contributed by atoms with Crippen molar-refractivity contribution in [2.75, 3.05) is 35.2 Å². The summed E-state index contributed by atoms with van der Waals surface area (Å²) < 4.78 is 0. The molecule has 0 bridgehead atoms. The van der Waals surface area contributed by atoms with E-state index in [1.165, 1.54) is 11.1 Å². The Bertz CT molecular complexity index is 1490. The number of rotatable bonds is 4. The van der Waals surface area contributed by atoms with Gasteiger partial charge in [-0.15, -0.1) is 0 Å². The average Bonchev–Trinajstić information content (AvgIpc) is 2.97. The third kappa shape index (κ3) is 4.94. The fourth-order valence-electron chi connectivity index (χ4n) is 5.65. The Labute approximate surface area is 223 Å². The van der Waals surface area contributed by atoms with Gasteiger partial charge in [0.05, 0.1) is 11.3 Å². The Morgan fingerprint density at radius 2 is 1.47 bits per heavy atom. The molecule has 2 aliphatic rings. The van der Waals surface area contributed by atoms with Crippen molar-refractivity contribution in [2.24, 2.45) is 0 Å². The van der Waals surface area contributed by atoms with Gasteiger partial charge in [0.1, 0.15) is 0 Å². The molecule has 0 saturated carbocycles. The highest BCUT2D eigenvalue weighted by molar-refractivity contribution is 6.07. The second-order valence-electron chi connectivity index (χ2n) is 10.1. The summed E-state index contributed by atoms with van der Waals surface area (Å²) in [7, 11) is 0. The van der Waals surface area contributed by atoms with Crippen LogP contribution in [0.5, 0.6) is 0 Å². The van der Waals surface area contributed by atoms with Gasteiger partial charge in [-0.3, -0.25) is 4.79 Å². The number of nitrogens with zero attached hydrogens (tertiary/aromatic N) is 2. The van der Waals surface area contributed by atoms with E-state index in [0.717, 1.165) is 74.0 Å². The summed E-state index contributed by atoms with van der Waals surface area (Å²) in [6.07, 6.45) is 4.17. The largest absolute Gasteiger partial charge is 0.366 e. The Hall–Kier alpha value is -4.32. The van der Waals surface area contributed by atoms with Crippen LogP contribution in [-0.4, -0.2) is 36.5 Å². The molecule has 6 nitrogen and oxygen atoms in total. The molecule has 38 heavy (non-hydrogen) atoms. The lowest BCUT2D eigenvalue weighted by Gasteiger charge is -2.34. The predicted octanol–water partition coefficient (Wildman–Crippen LogP) is 6.67. The van der Waals surface area contributed by atoms with Gasteiger partial charge < -0.3 is 20.4 Å². The van der Waals surface area contributed by atoms with Crippen molar-refractivity contribution in [1.29, 1.82) is 0 Å². The van der Waals surface area contributed by atoms with Crippen molar-refractivity contribution >= 4 is 39.8 Å². The van der Waals surface area contributed by atoms with Crippen LogP contribution in [0.25, 0.3) is 10.8 Å². The molecule has 2 heterocycles. The molecular formula is C32H32N4O2. The molecule has 0 radical (unpaired) electrons. The molecule has 192 valence electrons. The fraction of sp³-hybridized carbons (Fsp3) is 0.250. The maximum atomic E-state index is 13.8. The first kappa shape index (κ1) is 24.0. The Balaban J connectivity index is 1.27. The normalized spacial score (nSPS) is 15.2. The molecule has 1 saturated heterocycles. The predicted molar refractivity (Wildman–Crippen MR) is 154 cm³/mol. The second kappa shape index (κ2) is 10.6. The number of piperidine rings is 1. The van der Waals surface area contributed by atoms with E-state index in [9.17, 15) is 9.59 Å². The van der Waals surface area contributed by atoms with Crippen LogP contribution in [0, 0.1) is 0 Å². The molecule has 2 aliphatic heterocycles. The highest BCUT2D eigenvalue weighted by Crippen LogP contribution is 2.31. The summed E-state index contributed by atoms with van der Waals surface area (Å²) in [4.78, 5) is 31.0. The number of carbonyl (C=O) groups is 2. The number of carbonyl (C=O) groups excluding carboxylic acids is 2. The third-order valence-electron chi connectivity index (χ3n) is 7.64. The summed E-state index contributed by atoms with van der Waals surface area (Å²) in [6.45, 7) is 3.18. The van der Waals surface area contributed by atoms with Crippen molar-refractivity contribution in [1.82, 2.24) is 4.90 Å². The monoisotopic (exact) mass is 504 g/mol. The maximum absolute atomic E-state index is 13.8. The van der Waals surface area contributed by atoms with E-state index < -0.39 is 0 Å². The highest BCUT2D eigenvalue weighted by atomic mass is 16.2.